The summed E-state index contributed by atoms with van der Waals surface area (Å²) in [6, 6.07) is 14.4. The van der Waals surface area contributed by atoms with E-state index in [0.29, 0.717) is 24.0 Å². The van der Waals surface area contributed by atoms with Crippen LogP contribution in [0.5, 0.6) is 0 Å². The minimum atomic E-state index is 0.447. The van der Waals surface area contributed by atoms with Gasteiger partial charge in [0, 0.05) is 25.6 Å². The van der Waals surface area contributed by atoms with E-state index in [-0.39, 0.29) is 0 Å². The third-order valence-electron chi connectivity index (χ3n) is 4.75. The Bertz CT molecular complexity index is 871. The molecule has 2 N–H and O–H groups in total. The lowest BCUT2D eigenvalue weighted by Crippen LogP contribution is -2.40. The highest BCUT2D eigenvalue weighted by Crippen LogP contribution is 2.27. The second-order valence-corrected chi connectivity index (χ2v) is 6.60. The summed E-state index contributed by atoms with van der Waals surface area (Å²) in [5.41, 5.74) is 1.40. The third kappa shape index (κ3) is 4.02. The number of nitrogens with one attached hydrogen (secondary N) is 2. The molecule has 0 aliphatic carbocycles. The largest absolute Gasteiger partial charge is 0.461 e. The first kappa shape index (κ1) is 17.3. The fourth-order valence-corrected chi connectivity index (χ4v) is 3.41. The maximum absolute atomic E-state index is 5.33. The van der Waals surface area contributed by atoms with Gasteiger partial charge in [-0.3, -0.25) is 5.10 Å². The molecular weight excluding hydrogens is 340 g/mol. The molecule has 0 amide bonds. The number of rotatable bonds is 5. The molecule has 27 heavy (non-hydrogen) atoms. The summed E-state index contributed by atoms with van der Waals surface area (Å²) in [4.78, 5) is 11.5. The van der Waals surface area contributed by atoms with E-state index in [2.05, 4.69) is 62.7 Å². The van der Waals surface area contributed by atoms with Crippen molar-refractivity contribution in [3.05, 3.63) is 60.1 Å². The highest BCUT2D eigenvalue weighted by atomic mass is 16.3. The van der Waals surface area contributed by atoms with Gasteiger partial charge in [0.05, 0.1) is 6.26 Å². The number of nitrogens with zero attached hydrogens (tertiary/aromatic N) is 4. The molecule has 7 nitrogen and oxygen atoms in total. The second-order valence-electron chi connectivity index (χ2n) is 6.60. The molecule has 7 heteroatoms. The van der Waals surface area contributed by atoms with Gasteiger partial charge in [0.15, 0.2) is 11.7 Å². The highest BCUT2D eigenvalue weighted by Gasteiger charge is 2.25. The van der Waals surface area contributed by atoms with E-state index in [9.17, 15) is 0 Å². The molecule has 1 saturated heterocycles. The first-order valence-corrected chi connectivity index (χ1v) is 9.37. The Morgan fingerprint density at radius 1 is 1.30 bits per heavy atom. The minimum Gasteiger partial charge on any atom is -0.461 e. The number of hydrogen-bond donors (Lipinski definition) is 2. The van der Waals surface area contributed by atoms with Crippen LogP contribution in [0.4, 0.5) is 0 Å². The van der Waals surface area contributed by atoms with Crippen LogP contribution in [0.1, 0.15) is 30.7 Å². The zero-order chi connectivity index (χ0) is 18.5. The summed E-state index contributed by atoms with van der Waals surface area (Å²) in [7, 11) is 0. The Labute approximate surface area is 158 Å². The van der Waals surface area contributed by atoms with Gasteiger partial charge in [-0.1, -0.05) is 30.3 Å². The first-order valence-electron chi connectivity index (χ1n) is 9.37. The van der Waals surface area contributed by atoms with Crippen molar-refractivity contribution in [2.75, 3.05) is 19.6 Å². The van der Waals surface area contributed by atoms with Gasteiger partial charge in [-0.15, -0.1) is 5.10 Å². The fourth-order valence-electron chi connectivity index (χ4n) is 3.41. The molecule has 0 radical (unpaired) electrons. The van der Waals surface area contributed by atoms with Crippen LogP contribution in [-0.4, -0.2) is 45.7 Å². The average Bonchev–Trinajstić information content (AvgIpc) is 3.47. The molecule has 4 rings (SSSR count). The Kier molecular flexibility index (Phi) is 5.18. The van der Waals surface area contributed by atoms with Crippen molar-refractivity contribution in [3.8, 4) is 11.6 Å². The van der Waals surface area contributed by atoms with Crippen LogP contribution in [0.25, 0.3) is 11.6 Å². The molecule has 1 unspecified atom stereocenters. The van der Waals surface area contributed by atoms with E-state index in [1.165, 1.54) is 5.56 Å². The smallest absolute Gasteiger partial charge is 0.216 e. The van der Waals surface area contributed by atoms with Gasteiger partial charge in [-0.2, -0.15) is 0 Å². The zero-order valence-corrected chi connectivity index (χ0v) is 15.4. The van der Waals surface area contributed by atoms with Crippen molar-refractivity contribution in [1.82, 2.24) is 25.4 Å². The van der Waals surface area contributed by atoms with E-state index in [0.717, 1.165) is 37.8 Å². The summed E-state index contributed by atoms with van der Waals surface area (Å²) >= 11 is 0. The summed E-state index contributed by atoms with van der Waals surface area (Å²) < 4.78 is 5.33. The molecule has 1 atom stereocenters. The van der Waals surface area contributed by atoms with E-state index >= 15 is 0 Å². The van der Waals surface area contributed by atoms with Gasteiger partial charge in [0.1, 0.15) is 12.4 Å². The number of benzene rings is 1. The van der Waals surface area contributed by atoms with E-state index in [1.54, 1.807) is 6.26 Å². The third-order valence-corrected chi connectivity index (χ3v) is 4.75. The van der Waals surface area contributed by atoms with E-state index in [1.807, 2.05) is 12.1 Å². The quantitative estimate of drug-likeness (QED) is 0.537. The number of guanidine groups is 1. The average molecular weight is 364 g/mol. The Hall–Kier alpha value is -3.09. The topological polar surface area (TPSA) is 82.3 Å². The number of aliphatic imine (C=N–C) groups is 1. The van der Waals surface area contributed by atoms with Gasteiger partial charge in [0.2, 0.25) is 5.82 Å². The number of aromatic nitrogens is 3. The van der Waals surface area contributed by atoms with Crippen LogP contribution >= 0.6 is 0 Å². The summed E-state index contributed by atoms with van der Waals surface area (Å²) in [5, 5.41) is 10.5. The monoisotopic (exact) mass is 364 g/mol. The van der Waals surface area contributed by atoms with Crippen LogP contribution in [0.3, 0.4) is 0 Å². The summed E-state index contributed by atoms with van der Waals surface area (Å²) in [6.07, 6.45) is 2.75. The molecule has 0 bridgehead atoms. The van der Waals surface area contributed by atoms with Crippen LogP contribution < -0.4 is 5.32 Å². The predicted molar refractivity (Wildman–Crippen MR) is 104 cm³/mol. The molecule has 1 aromatic carbocycles. The number of furan rings is 1. The Balaban J connectivity index is 1.43. The first-order chi connectivity index (χ1) is 13.3. The molecule has 0 saturated carbocycles. The van der Waals surface area contributed by atoms with Crippen molar-refractivity contribution < 1.29 is 4.42 Å². The fraction of sp³-hybridized carbons (Fsp3) is 0.350. The molecule has 0 spiro atoms. The number of likely N-dealkylation sites (tertiary alicyclic amines) is 1. The van der Waals surface area contributed by atoms with Crippen molar-refractivity contribution in [3.63, 3.8) is 0 Å². The maximum Gasteiger partial charge on any atom is 0.216 e. The molecule has 2 aromatic heterocycles. The van der Waals surface area contributed by atoms with Crippen LogP contribution in [0.2, 0.25) is 0 Å². The van der Waals surface area contributed by atoms with Crippen LogP contribution in [0.15, 0.2) is 58.1 Å². The van der Waals surface area contributed by atoms with Gasteiger partial charge < -0.3 is 14.6 Å². The van der Waals surface area contributed by atoms with E-state index < -0.39 is 0 Å². The highest BCUT2D eigenvalue weighted by molar-refractivity contribution is 5.80. The standard InChI is InChI=1S/C20H24N6O/c1-2-21-20(26-11-10-16(14-26)15-7-4-3-5-8-15)22-13-18-23-19(25-24-18)17-9-6-12-27-17/h3-9,12,16H,2,10-11,13-14H2,1H3,(H,21,22)(H,23,24,25). The SMILES string of the molecule is CCNC(=NCc1nc(-c2ccco2)n[nH]1)N1CCC(c2ccccc2)C1. The predicted octanol–water partition coefficient (Wildman–Crippen LogP) is 3.02. The maximum atomic E-state index is 5.33. The van der Waals surface area contributed by atoms with E-state index in [4.69, 9.17) is 9.41 Å². The lowest BCUT2D eigenvalue weighted by Gasteiger charge is -2.21. The molecule has 1 aliphatic rings. The number of hydrogen-bond acceptors (Lipinski definition) is 4. The van der Waals surface area contributed by atoms with Gasteiger partial charge in [-0.05, 0) is 31.0 Å². The summed E-state index contributed by atoms with van der Waals surface area (Å²) in [6.45, 7) is 5.34. The van der Waals surface area contributed by atoms with Gasteiger partial charge in [0.25, 0.3) is 0 Å². The van der Waals surface area contributed by atoms with Crippen molar-refractivity contribution in [2.24, 2.45) is 4.99 Å². The Morgan fingerprint density at radius 2 is 2.19 bits per heavy atom. The van der Waals surface area contributed by atoms with Crippen molar-refractivity contribution in [1.29, 1.82) is 0 Å². The normalized spacial score (nSPS) is 17.4. The van der Waals surface area contributed by atoms with Crippen LogP contribution in [0, 0.1) is 0 Å². The molecule has 140 valence electrons. The second kappa shape index (κ2) is 8.07. The van der Waals surface area contributed by atoms with Gasteiger partial charge in [-0.25, -0.2) is 9.98 Å². The summed E-state index contributed by atoms with van der Waals surface area (Å²) in [5.74, 6) is 3.40. The minimum absolute atomic E-state index is 0.447. The van der Waals surface area contributed by atoms with Crippen LogP contribution in [-0.2, 0) is 6.54 Å². The molecular formula is C20H24N6O. The Morgan fingerprint density at radius 3 is 2.96 bits per heavy atom. The molecule has 1 aliphatic heterocycles. The molecule has 3 heterocycles. The van der Waals surface area contributed by atoms with Crippen molar-refractivity contribution >= 4 is 5.96 Å². The molecule has 3 aromatic rings. The molecule has 1 fully saturated rings. The number of H-pyrrole nitrogens is 1. The zero-order valence-electron chi connectivity index (χ0n) is 15.4. The van der Waals surface area contributed by atoms with Crippen molar-refractivity contribution in [2.45, 2.75) is 25.8 Å². The van der Waals surface area contributed by atoms with Gasteiger partial charge >= 0.3 is 0 Å². The number of aromatic amines is 1. The lowest BCUT2D eigenvalue weighted by atomic mass is 9.99. The lowest BCUT2D eigenvalue weighted by molar-refractivity contribution is 0.485.